The first-order chi connectivity index (χ1) is 11.8. The monoisotopic (exact) mass is 363 g/mol. The molecule has 2 aromatic carbocycles. The molecule has 0 saturated heterocycles. The molecular formula is C17H17NO6S. The summed E-state index contributed by atoms with van der Waals surface area (Å²) in [6, 6.07) is 9.64. The van der Waals surface area contributed by atoms with Crippen molar-refractivity contribution in [3.8, 4) is 0 Å². The first-order valence-electron chi connectivity index (χ1n) is 7.39. The fourth-order valence-corrected chi connectivity index (χ4v) is 3.31. The van der Waals surface area contributed by atoms with E-state index >= 15 is 0 Å². The van der Waals surface area contributed by atoms with Gasteiger partial charge in [-0.2, -0.15) is 0 Å². The molecule has 0 spiro atoms. The molecule has 25 heavy (non-hydrogen) atoms. The van der Waals surface area contributed by atoms with Crippen molar-refractivity contribution < 1.29 is 27.9 Å². The van der Waals surface area contributed by atoms with E-state index in [4.69, 9.17) is 4.74 Å². The van der Waals surface area contributed by atoms with Crippen LogP contribution in [-0.4, -0.2) is 32.1 Å². The maximum atomic E-state index is 12.5. The molecule has 0 aliphatic carbocycles. The fraction of sp³-hybridized carbons (Fsp3) is 0.176. The summed E-state index contributed by atoms with van der Waals surface area (Å²) in [5.74, 6) is -1.79. The molecule has 8 heteroatoms. The third kappa shape index (κ3) is 4.16. The number of anilines is 1. The summed E-state index contributed by atoms with van der Waals surface area (Å²) in [5, 5.41) is 9.22. The van der Waals surface area contributed by atoms with Gasteiger partial charge in [-0.15, -0.1) is 0 Å². The average Bonchev–Trinajstić information content (AvgIpc) is 2.56. The molecule has 0 atom stereocenters. The van der Waals surface area contributed by atoms with Gasteiger partial charge in [0.25, 0.3) is 10.0 Å². The maximum Gasteiger partial charge on any atom is 0.338 e. The lowest BCUT2D eigenvalue weighted by Gasteiger charge is -2.13. The summed E-state index contributed by atoms with van der Waals surface area (Å²) in [6.45, 7) is 3.49. The van der Waals surface area contributed by atoms with E-state index in [1.54, 1.807) is 19.9 Å². The molecule has 132 valence electrons. The number of carbonyl (C=O) groups is 2. The van der Waals surface area contributed by atoms with E-state index in [1.807, 2.05) is 0 Å². The van der Waals surface area contributed by atoms with Crippen molar-refractivity contribution in [1.82, 2.24) is 0 Å². The van der Waals surface area contributed by atoms with E-state index in [2.05, 4.69) is 4.72 Å². The molecule has 0 radical (unpaired) electrons. The van der Waals surface area contributed by atoms with Crippen LogP contribution in [0.15, 0.2) is 47.4 Å². The minimum Gasteiger partial charge on any atom is -0.478 e. The van der Waals surface area contributed by atoms with Gasteiger partial charge in [0.15, 0.2) is 0 Å². The number of para-hydroxylation sites is 1. The number of carboxylic acid groups (broad SMARTS) is 1. The van der Waals surface area contributed by atoms with Crippen molar-refractivity contribution >= 4 is 27.6 Å². The van der Waals surface area contributed by atoms with Gasteiger partial charge in [0.05, 0.1) is 28.3 Å². The highest BCUT2D eigenvalue weighted by molar-refractivity contribution is 7.92. The van der Waals surface area contributed by atoms with Gasteiger partial charge in [-0.05, 0) is 49.7 Å². The van der Waals surface area contributed by atoms with E-state index in [1.165, 1.54) is 36.4 Å². The predicted octanol–water partition coefficient (Wildman–Crippen LogP) is 2.67. The van der Waals surface area contributed by atoms with Crippen molar-refractivity contribution in [2.45, 2.75) is 18.7 Å². The van der Waals surface area contributed by atoms with Gasteiger partial charge in [-0.25, -0.2) is 18.0 Å². The van der Waals surface area contributed by atoms with Gasteiger partial charge in [-0.3, -0.25) is 4.72 Å². The molecule has 0 bridgehead atoms. The Morgan fingerprint density at radius 2 is 1.76 bits per heavy atom. The Hall–Kier alpha value is -2.87. The maximum absolute atomic E-state index is 12.5. The van der Waals surface area contributed by atoms with Crippen molar-refractivity contribution in [2.24, 2.45) is 0 Å². The highest BCUT2D eigenvalue weighted by atomic mass is 32.2. The normalized spacial score (nSPS) is 11.0. The lowest BCUT2D eigenvalue weighted by atomic mass is 10.1. The summed E-state index contributed by atoms with van der Waals surface area (Å²) in [7, 11) is -4.01. The third-order valence-corrected chi connectivity index (χ3v) is 4.78. The minimum atomic E-state index is -4.01. The van der Waals surface area contributed by atoms with Gasteiger partial charge < -0.3 is 9.84 Å². The van der Waals surface area contributed by atoms with Crippen molar-refractivity contribution in [2.75, 3.05) is 11.3 Å². The first-order valence-corrected chi connectivity index (χ1v) is 8.87. The average molecular weight is 363 g/mol. The smallest absolute Gasteiger partial charge is 0.338 e. The number of carbonyl (C=O) groups excluding carboxylic acids is 1. The molecule has 0 aromatic heterocycles. The van der Waals surface area contributed by atoms with Crippen LogP contribution >= 0.6 is 0 Å². The topological polar surface area (TPSA) is 110 Å². The molecule has 0 saturated carbocycles. The number of carboxylic acids is 1. The Bertz CT molecular complexity index is 903. The molecule has 0 fully saturated rings. The molecule has 2 rings (SSSR count). The number of esters is 1. The number of hydrogen-bond donors (Lipinski definition) is 2. The number of ether oxygens (including phenoxy) is 1. The molecule has 0 aliphatic rings. The number of benzene rings is 2. The second-order valence-corrected chi connectivity index (χ2v) is 6.84. The zero-order chi connectivity index (χ0) is 18.6. The standard InChI is InChI=1S/C17H17NO6S/c1-3-24-17(21)12-7-9-13(10-8-12)25(22,23)18-15-11(2)5-4-6-14(15)16(19)20/h4-10,18H,3H2,1-2H3,(H,19,20). The highest BCUT2D eigenvalue weighted by Crippen LogP contribution is 2.24. The van der Waals surface area contributed by atoms with Crippen LogP contribution in [0.25, 0.3) is 0 Å². The van der Waals surface area contributed by atoms with Crippen LogP contribution in [0.4, 0.5) is 5.69 Å². The van der Waals surface area contributed by atoms with Gasteiger partial charge >= 0.3 is 11.9 Å². The predicted molar refractivity (Wildman–Crippen MR) is 91.3 cm³/mol. The Balaban J connectivity index is 2.35. The second kappa shape index (κ2) is 7.35. The number of hydrogen-bond acceptors (Lipinski definition) is 5. The molecular weight excluding hydrogens is 346 g/mol. The molecule has 0 heterocycles. The number of sulfonamides is 1. The fourth-order valence-electron chi connectivity index (χ4n) is 2.16. The van der Waals surface area contributed by atoms with Crippen LogP contribution in [0.3, 0.4) is 0 Å². The molecule has 7 nitrogen and oxygen atoms in total. The molecule has 0 unspecified atom stereocenters. The van der Waals surface area contributed by atoms with Crippen molar-refractivity contribution in [3.05, 3.63) is 59.2 Å². The van der Waals surface area contributed by atoms with Gasteiger partial charge in [-0.1, -0.05) is 12.1 Å². The largest absolute Gasteiger partial charge is 0.478 e. The van der Waals surface area contributed by atoms with Crippen LogP contribution in [0, 0.1) is 6.92 Å². The van der Waals surface area contributed by atoms with Crippen LogP contribution in [0.5, 0.6) is 0 Å². The van der Waals surface area contributed by atoms with Crippen LogP contribution in [0.2, 0.25) is 0 Å². The Morgan fingerprint density at radius 1 is 1.12 bits per heavy atom. The zero-order valence-corrected chi connectivity index (χ0v) is 14.5. The lowest BCUT2D eigenvalue weighted by Crippen LogP contribution is -2.17. The minimum absolute atomic E-state index is 0.00414. The zero-order valence-electron chi connectivity index (χ0n) is 13.6. The summed E-state index contributed by atoms with van der Waals surface area (Å²) in [6.07, 6.45) is 0. The Morgan fingerprint density at radius 3 is 2.32 bits per heavy atom. The van der Waals surface area contributed by atoms with Crippen molar-refractivity contribution in [3.63, 3.8) is 0 Å². The van der Waals surface area contributed by atoms with Crippen molar-refractivity contribution in [1.29, 1.82) is 0 Å². The van der Waals surface area contributed by atoms with Crippen LogP contribution in [-0.2, 0) is 14.8 Å². The number of aryl methyl sites for hydroxylation is 1. The lowest BCUT2D eigenvalue weighted by molar-refractivity contribution is 0.0525. The van der Waals surface area contributed by atoms with Gasteiger partial charge in [0.1, 0.15) is 0 Å². The summed E-state index contributed by atoms with van der Waals surface area (Å²) < 4.78 is 32.2. The van der Waals surface area contributed by atoms with E-state index in [-0.39, 0.29) is 28.3 Å². The number of rotatable bonds is 6. The van der Waals surface area contributed by atoms with Crippen LogP contribution < -0.4 is 4.72 Å². The number of nitrogens with one attached hydrogen (secondary N) is 1. The first kappa shape index (κ1) is 18.5. The van der Waals surface area contributed by atoms with E-state index in [0.717, 1.165) is 0 Å². The van der Waals surface area contributed by atoms with E-state index in [0.29, 0.717) is 5.56 Å². The van der Waals surface area contributed by atoms with E-state index < -0.39 is 22.0 Å². The highest BCUT2D eigenvalue weighted by Gasteiger charge is 2.20. The molecule has 0 aliphatic heterocycles. The molecule has 0 amide bonds. The quantitative estimate of drug-likeness (QED) is 0.764. The van der Waals surface area contributed by atoms with Crippen LogP contribution in [0.1, 0.15) is 33.2 Å². The molecule has 2 aromatic rings. The summed E-state index contributed by atoms with van der Waals surface area (Å²) in [5.41, 5.74) is 0.561. The van der Waals surface area contributed by atoms with Gasteiger partial charge in [0.2, 0.25) is 0 Å². The third-order valence-electron chi connectivity index (χ3n) is 3.42. The Labute approximate surface area is 145 Å². The van der Waals surface area contributed by atoms with Gasteiger partial charge in [0, 0.05) is 0 Å². The molecule has 2 N–H and O–H groups in total. The summed E-state index contributed by atoms with van der Waals surface area (Å²) >= 11 is 0. The second-order valence-electron chi connectivity index (χ2n) is 5.15. The van der Waals surface area contributed by atoms with E-state index in [9.17, 15) is 23.1 Å². The number of aromatic carboxylic acids is 1. The Kier molecular flexibility index (Phi) is 5.43. The SMILES string of the molecule is CCOC(=O)c1ccc(S(=O)(=O)Nc2c(C)cccc2C(=O)O)cc1. The summed E-state index contributed by atoms with van der Waals surface area (Å²) in [4.78, 5) is 22.8.